The Hall–Kier alpha value is -2.51. The van der Waals surface area contributed by atoms with Crippen LogP contribution in [0, 0.1) is 5.92 Å². The Labute approximate surface area is 158 Å². The van der Waals surface area contributed by atoms with Gasteiger partial charge in [-0.05, 0) is 5.56 Å². The molecule has 3 atom stereocenters. The van der Waals surface area contributed by atoms with Crippen LogP contribution in [0.1, 0.15) is 15.9 Å². The molecule has 4 saturated heterocycles. The number of fused-ring (bicyclic) bond motifs is 1. The van der Waals surface area contributed by atoms with Crippen LogP contribution in [0.2, 0.25) is 0 Å². The number of piperidine rings is 2. The summed E-state index contributed by atoms with van der Waals surface area (Å²) in [6.07, 6.45) is 2.79. The highest BCUT2D eigenvalue weighted by Crippen LogP contribution is 2.44. The Kier molecular flexibility index (Phi) is 3.87. The lowest BCUT2D eigenvalue weighted by molar-refractivity contribution is 0.0436. The smallest absolute Gasteiger partial charge is 0.341 e. The van der Waals surface area contributed by atoms with Crippen LogP contribution in [0.5, 0.6) is 0 Å². The molecule has 2 unspecified atom stereocenters. The summed E-state index contributed by atoms with van der Waals surface area (Å²) in [6, 6.07) is 10.8. The number of hydrogen-bond acceptors (Lipinski definition) is 6. The highest BCUT2D eigenvalue weighted by atomic mass is 16.4. The number of carbonyl (C=O) groups is 1. The zero-order valence-electron chi connectivity index (χ0n) is 15.1. The molecule has 0 spiro atoms. The maximum atomic E-state index is 11.6. The summed E-state index contributed by atoms with van der Waals surface area (Å²) in [4.78, 5) is 24.9. The molecule has 27 heavy (non-hydrogen) atoms. The Morgan fingerprint density at radius 3 is 2.52 bits per heavy atom. The van der Waals surface area contributed by atoms with Gasteiger partial charge in [0.15, 0.2) is 0 Å². The van der Waals surface area contributed by atoms with Crippen LogP contribution in [-0.2, 0) is 5.41 Å². The maximum absolute atomic E-state index is 11.6. The van der Waals surface area contributed by atoms with Crippen LogP contribution in [0.3, 0.4) is 0 Å². The van der Waals surface area contributed by atoms with E-state index in [0.29, 0.717) is 11.7 Å². The van der Waals surface area contributed by atoms with Crippen LogP contribution >= 0.6 is 0 Å². The second kappa shape index (κ2) is 6.28. The average molecular weight is 365 g/mol. The third-order valence-corrected chi connectivity index (χ3v) is 6.38. The van der Waals surface area contributed by atoms with Gasteiger partial charge in [-0.15, -0.1) is 0 Å². The molecule has 2 N–H and O–H groups in total. The Morgan fingerprint density at radius 2 is 1.85 bits per heavy atom. The van der Waals surface area contributed by atoms with E-state index in [1.54, 1.807) is 0 Å². The number of nitrogens with zero attached hydrogens (tertiary/aromatic N) is 4. The monoisotopic (exact) mass is 365 g/mol. The van der Waals surface area contributed by atoms with Gasteiger partial charge in [0.2, 0.25) is 0 Å². The van der Waals surface area contributed by atoms with E-state index < -0.39 is 5.97 Å². The lowest BCUT2D eigenvalue weighted by atomic mass is 9.64. The molecule has 7 heteroatoms. The minimum atomic E-state index is -1.000. The molecule has 0 aliphatic carbocycles. The van der Waals surface area contributed by atoms with E-state index in [2.05, 4.69) is 49.4 Å². The quantitative estimate of drug-likeness (QED) is 0.841. The zero-order chi connectivity index (χ0) is 18.4. The molecular weight excluding hydrogens is 342 g/mol. The summed E-state index contributed by atoms with van der Waals surface area (Å²) in [5.41, 5.74) is 1.36. The number of hydrogen-bond donors (Lipinski definition) is 2. The minimum Gasteiger partial charge on any atom is -0.477 e. The van der Waals surface area contributed by atoms with E-state index in [-0.39, 0.29) is 17.0 Å². The maximum Gasteiger partial charge on any atom is 0.341 e. The first kappa shape index (κ1) is 16.6. The summed E-state index contributed by atoms with van der Waals surface area (Å²) in [6.45, 7) is 6.24. The van der Waals surface area contributed by atoms with Gasteiger partial charge < -0.3 is 20.2 Å². The number of aromatic nitrogens is 2. The third kappa shape index (κ3) is 2.69. The van der Waals surface area contributed by atoms with Crippen molar-refractivity contribution in [2.45, 2.75) is 11.5 Å². The van der Waals surface area contributed by atoms with Crippen molar-refractivity contribution in [1.82, 2.24) is 19.8 Å². The fraction of sp³-hybridized carbons (Fsp3) is 0.450. The molecular formula is C20H23N5O2. The van der Waals surface area contributed by atoms with Crippen molar-refractivity contribution >= 4 is 11.8 Å². The SMILES string of the molecule is O=C(O)c1cncnc1N[C@@H]1C2CN3CCN(C2)CC1(c1ccccc1)C3. The Morgan fingerprint density at radius 1 is 1.15 bits per heavy atom. The standard InChI is InChI=1S/C20H23N5O2/c26-19(27)16-8-21-13-22-18(16)23-17-14-9-24-6-7-25(10-14)12-20(17,11-24)15-4-2-1-3-5-15/h1-5,8,13-14,17H,6-7,9-12H2,(H,26,27)(H,21,22,23)/t14?,17-,20?/m1/s1. The molecule has 4 fully saturated rings. The van der Waals surface area contributed by atoms with E-state index in [1.165, 1.54) is 18.1 Å². The fourth-order valence-corrected chi connectivity index (χ4v) is 5.32. The van der Waals surface area contributed by atoms with Gasteiger partial charge in [-0.1, -0.05) is 30.3 Å². The summed E-state index contributed by atoms with van der Waals surface area (Å²) in [7, 11) is 0. The minimum absolute atomic E-state index is 0.0837. The average Bonchev–Trinajstić information content (AvgIpc) is 2.93. The largest absolute Gasteiger partial charge is 0.477 e. The van der Waals surface area contributed by atoms with Gasteiger partial charge in [0.1, 0.15) is 17.7 Å². The molecule has 7 nitrogen and oxygen atoms in total. The first-order chi connectivity index (χ1) is 13.2. The molecule has 6 rings (SSSR count). The highest BCUT2D eigenvalue weighted by molar-refractivity contribution is 5.92. The molecule has 1 aromatic heterocycles. The van der Waals surface area contributed by atoms with Crippen molar-refractivity contribution in [3.05, 3.63) is 54.0 Å². The summed E-state index contributed by atoms with van der Waals surface area (Å²) in [5.74, 6) is -0.152. The number of carboxylic acids is 1. The molecule has 4 bridgehead atoms. The molecule has 5 heterocycles. The van der Waals surface area contributed by atoms with Crippen molar-refractivity contribution in [1.29, 1.82) is 0 Å². The number of rotatable bonds is 4. The topological polar surface area (TPSA) is 81.6 Å². The van der Waals surface area contributed by atoms with Crippen LogP contribution in [-0.4, -0.2) is 76.2 Å². The predicted octanol–water partition coefficient (Wildman–Crippen LogP) is 1.15. The van der Waals surface area contributed by atoms with E-state index in [0.717, 1.165) is 39.3 Å². The summed E-state index contributed by atoms with van der Waals surface area (Å²) >= 11 is 0. The predicted molar refractivity (Wildman–Crippen MR) is 101 cm³/mol. The van der Waals surface area contributed by atoms with Gasteiger partial charge in [0.05, 0.1) is 0 Å². The molecule has 4 aliphatic rings. The van der Waals surface area contributed by atoms with Crippen LogP contribution < -0.4 is 5.32 Å². The molecule has 0 saturated carbocycles. The van der Waals surface area contributed by atoms with Gasteiger partial charge >= 0.3 is 5.97 Å². The van der Waals surface area contributed by atoms with Crippen molar-refractivity contribution < 1.29 is 9.90 Å². The van der Waals surface area contributed by atoms with Crippen LogP contribution in [0.4, 0.5) is 5.82 Å². The molecule has 140 valence electrons. The molecule has 0 radical (unpaired) electrons. The van der Waals surface area contributed by atoms with E-state index in [1.807, 2.05) is 6.07 Å². The lowest BCUT2D eigenvalue weighted by Gasteiger charge is -2.56. The van der Waals surface area contributed by atoms with Crippen molar-refractivity contribution in [3.8, 4) is 0 Å². The second-order valence-electron chi connectivity index (χ2n) is 7.96. The first-order valence-corrected chi connectivity index (χ1v) is 9.46. The number of nitrogens with one attached hydrogen (secondary N) is 1. The summed E-state index contributed by atoms with van der Waals surface area (Å²) in [5, 5.41) is 13.1. The van der Waals surface area contributed by atoms with Crippen LogP contribution in [0.25, 0.3) is 0 Å². The number of anilines is 1. The molecule has 2 aromatic rings. The van der Waals surface area contributed by atoms with Gasteiger partial charge in [0, 0.05) is 62.8 Å². The van der Waals surface area contributed by atoms with Crippen LogP contribution in [0.15, 0.2) is 42.9 Å². The number of carboxylic acid groups (broad SMARTS) is 1. The van der Waals surface area contributed by atoms with Crippen molar-refractivity contribution in [3.63, 3.8) is 0 Å². The third-order valence-electron chi connectivity index (χ3n) is 6.38. The zero-order valence-corrected chi connectivity index (χ0v) is 15.1. The second-order valence-corrected chi connectivity index (χ2v) is 7.96. The Bertz CT molecular complexity index is 842. The summed E-state index contributed by atoms with van der Waals surface area (Å²) < 4.78 is 0. The molecule has 1 aromatic carbocycles. The normalized spacial score (nSPS) is 34.2. The van der Waals surface area contributed by atoms with E-state index in [9.17, 15) is 9.90 Å². The Balaban J connectivity index is 1.59. The van der Waals surface area contributed by atoms with Gasteiger partial charge in [-0.2, -0.15) is 0 Å². The fourth-order valence-electron chi connectivity index (χ4n) is 5.32. The first-order valence-electron chi connectivity index (χ1n) is 9.46. The molecule has 0 amide bonds. The number of benzene rings is 1. The van der Waals surface area contributed by atoms with Crippen molar-refractivity contribution in [2.24, 2.45) is 5.92 Å². The van der Waals surface area contributed by atoms with Crippen molar-refractivity contribution in [2.75, 3.05) is 44.6 Å². The number of aromatic carboxylic acids is 1. The highest BCUT2D eigenvalue weighted by Gasteiger charge is 2.55. The van der Waals surface area contributed by atoms with Gasteiger partial charge in [-0.3, -0.25) is 0 Å². The van der Waals surface area contributed by atoms with E-state index >= 15 is 0 Å². The lowest BCUT2D eigenvalue weighted by Crippen LogP contribution is -2.68. The molecule has 4 aliphatic heterocycles. The van der Waals surface area contributed by atoms with Gasteiger partial charge in [0.25, 0.3) is 0 Å². The van der Waals surface area contributed by atoms with E-state index in [4.69, 9.17) is 0 Å². The van der Waals surface area contributed by atoms with Gasteiger partial charge in [-0.25, -0.2) is 14.8 Å².